The smallest absolute Gasteiger partial charge is 0.248 e. The first-order chi connectivity index (χ1) is 16.9. The fraction of sp³-hybridized carbons (Fsp3) is 0.407. The number of hydrogen-bond acceptors (Lipinski definition) is 6. The van der Waals surface area contributed by atoms with Crippen LogP contribution in [0.5, 0.6) is 0 Å². The fourth-order valence-corrected chi connectivity index (χ4v) is 4.21. The zero-order valence-electron chi connectivity index (χ0n) is 20.9. The number of rotatable bonds is 9. The summed E-state index contributed by atoms with van der Waals surface area (Å²) in [7, 11) is 0. The third kappa shape index (κ3) is 6.28. The van der Waals surface area contributed by atoms with Crippen LogP contribution in [0.15, 0.2) is 48.8 Å². The molecule has 188 valence electrons. The third-order valence-corrected chi connectivity index (χ3v) is 6.17. The van der Waals surface area contributed by atoms with E-state index < -0.39 is 5.91 Å². The minimum atomic E-state index is -0.448. The molecular formula is C27H37N5O3. The van der Waals surface area contributed by atoms with E-state index in [1.54, 1.807) is 12.1 Å². The number of nitrogens with two attached hydrogens (primary N) is 1. The summed E-state index contributed by atoms with van der Waals surface area (Å²) in [6.45, 7) is 7.79. The molecule has 4 rings (SSSR count). The molecule has 1 aromatic carbocycles. The van der Waals surface area contributed by atoms with Crippen LogP contribution in [0.25, 0.3) is 22.5 Å². The molecule has 0 radical (unpaired) electrons. The van der Waals surface area contributed by atoms with Crippen LogP contribution in [0.4, 0.5) is 0 Å². The predicted octanol–water partition coefficient (Wildman–Crippen LogP) is 3.51. The Balaban J connectivity index is 0.000000371. The minimum Gasteiger partial charge on any atom is -0.396 e. The molecule has 0 saturated heterocycles. The van der Waals surface area contributed by atoms with E-state index in [1.165, 1.54) is 5.57 Å². The van der Waals surface area contributed by atoms with E-state index in [9.17, 15) is 4.79 Å². The Morgan fingerprint density at radius 2 is 1.74 bits per heavy atom. The molecule has 0 bridgehead atoms. The van der Waals surface area contributed by atoms with E-state index in [-0.39, 0.29) is 19.3 Å². The molecule has 0 fully saturated rings. The Morgan fingerprint density at radius 1 is 1.09 bits per heavy atom. The summed E-state index contributed by atoms with van der Waals surface area (Å²) in [6, 6.07) is 12.0. The molecule has 1 aliphatic heterocycles. The average Bonchev–Trinajstić information content (AvgIpc) is 3.41. The van der Waals surface area contributed by atoms with Gasteiger partial charge in [0.1, 0.15) is 5.65 Å². The summed E-state index contributed by atoms with van der Waals surface area (Å²) < 4.78 is 1.99. The number of carbonyl (C=O) groups excluding carboxylic acids is 1. The van der Waals surface area contributed by atoms with E-state index in [4.69, 9.17) is 20.9 Å². The van der Waals surface area contributed by atoms with Gasteiger partial charge in [-0.05, 0) is 56.9 Å². The van der Waals surface area contributed by atoms with Crippen molar-refractivity contribution in [2.24, 2.45) is 5.73 Å². The number of benzene rings is 1. The molecule has 2 aromatic heterocycles. The lowest BCUT2D eigenvalue weighted by atomic mass is 9.94. The van der Waals surface area contributed by atoms with Crippen LogP contribution in [-0.4, -0.2) is 56.3 Å². The number of amides is 1. The van der Waals surface area contributed by atoms with Gasteiger partial charge in [0.05, 0.1) is 11.7 Å². The van der Waals surface area contributed by atoms with Crippen molar-refractivity contribution in [1.82, 2.24) is 19.8 Å². The lowest BCUT2D eigenvalue weighted by Gasteiger charge is -2.16. The zero-order valence-corrected chi connectivity index (χ0v) is 20.9. The molecule has 0 spiro atoms. The van der Waals surface area contributed by atoms with Crippen molar-refractivity contribution in [3.63, 3.8) is 0 Å². The Morgan fingerprint density at radius 3 is 2.31 bits per heavy atom. The maximum absolute atomic E-state index is 11.5. The molecule has 5 N–H and O–H groups in total. The summed E-state index contributed by atoms with van der Waals surface area (Å²) >= 11 is 0. The van der Waals surface area contributed by atoms with Crippen molar-refractivity contribution in [3.05, 3.63) is 65.6 Å². The predicted molar refractivity (Wildman–Crippen MR) is 139 cm³/mol. The number of aliphatic hydroxyl groups excluding tert-OH is 2. The summed E-state index contributed by atoms with van der Waals surface area (Å²) in [5.41, 5.74) is 15.5. The maximum atomic E-state index is 11.5. The lowest BCUT2D eigenvalue weighted by molar-refractivity contribution is 0.1000. The van der Waals surface area contributed by atoms with Gasteiger partial charge in [0.25, 0.3) is 0 Å². The van der Waals surface area contributed by atoms with Gasteiger partial charge in [-0.1, -0.05) is 37.1 Å². The SMILES string of the molecule is CCN1C=C(c2ccccc2-c2nc3cc(C(N)=O)ccn3c2C)C(C)N1.OCCCCCCO. The third-order valence-electron chi connectivity index (χ3n) is 6.17. The van der Waals surface area contributed by atoms with Crippen molar-refractivity contribution in [2.75, 3.05) is 19.8 Å². The maximum Gasteiger partial charge on any atom is 0.248 e. The largest absolute Gasteiger partial charge is 0.396 e. The van der Waals surface area contributed by atoms with E-state index in [0.29, 0.717) is 5.56 Å². The van der Waals surface area contributed by atoms with Gasteiger partial charge in [-0.2, -0.15) is 0 Å². The molecule has 1 amide bonds. The molecular weight excluding hydrogens is 442 g/mol. The monoisotopic (exact) mass is 479 g/mol. The molecule has 35 heavy (non-hydrogen) atoms. The number of aliphatic hydroxyl groups is 2. The van der Waals surface area contributed by atoms with Gasteiger partial charge in [-0.15, -0.1) is 0 Å². The Kier molecular flexibility index (Phi) is 9.42. The zero-order chi connectivity index (χ0) is 25.4. The molecule has 0 aliphatic carbocycles. The van der Waals surface area contributed by atoms with E-state index >= 15 is 0 Å². The number of unbranched alkanes of at least 4 members (excludes halogenated alkanes) is 3. The van der Waals surface area contributed by atoms with Crippen LogP contribution in [0.1, 0.15) is 61.1 Å². The first-order valence-electron chi connectivity index (χ1n) is 12.3. The molecule has 1 aliphatic rings. The number of aryl methyl sites for hydroxylation is 1. The standard InChI is InChI=1S/C21H23N5O.C6H14O2/c1-4-25-12-18(13(2)24-25)16-7-5-6-8-17(16)20-14(3)26-10-9-15(21(22)27)11-19(26)23-20;7-5-3-1-2-4-6-8/h5-13,24H,4H2,1-3H3,(H2,22,27);7-8H,1-6H2. The van der Waals surface area contributed by atoms with Crippen LogP contribution in [0.3, 0.4) is 0 Å². The minimum absolute atomic E-state index is 0.227. The van der Waals surface area contributed by atoms with Gasteiger partial charge in [0.2, 0.25) is 5.91 Å². The number of aromatic nitrogens is 2. The second-order valence-electron chi connectivity index (χ2n) is 8.68. The van der Waals surface area contributed by atoms with Gasteiger partial charge in [0.15, 0.2) is 0 Å². The highest BCUT2D eigenvalue weighted by molar-refractivity contribution is 5.94. The second-order valence-corrected chi connectivity index (χ2v) is 8.68. The average molecular weight is 480 g/mol. The number of carbonyl (C=O) groups is 1. The Bertz CT molecular complexity index is 1160. The van der Waals surface area contributed by atoms with E-state index in [0.717, 1.165) is 60.4 Å². The Hall–Kier alpha value is -3.20. The summed E-state index contributed by atoms with van der Waals surface area (Å²) in [5.74, 6) is -0.448. The normalized spacial score (nSPS) is 15.2. The fourth-order valence-electron chi connectivity index (χ4n) is 4.21. The van der Waals surface area contributed by atoms with Gasteiger partial charge < -0.3 is 25.4 Å². The number of fused-ring (bicyclic) bond motifs is 1. The quantitative estimate of drug-likeness (QED) is 0.349. The first kappa shape index (κ1) is 26.4. The van der Waals surface area contributed by atoms with Crippen LogP contribution in [0, 0.1) is 6.92 Å². The molecule has 3 heterocycles. The van der Waals surface area contributed by atoms with Crippen LogP contribution in [0.2, 0.25) is 0 Å². The molecule has 3 aromatic rings. The van der Waals surface area contributed by atoms with Crippen LogP contribution >= 0.6 is 0 Å². The van der Waals surface area contributed by atoms with E-state index in [2.05, 4.69) is 48.7 Å². The van der Waals surface area contributed by atoms with Gasteiger partial charge in [0, 0.05) is 49.0 Å². The molecule has 8 heteroatoms. The Labute approximate surface area is 207 Å². The number of primary amides is 1. The first-order valence-corrected chi connectivity index (χ1v) is 12.3. The molecule has 0 saturated carbocycles. The van der Waals surface area contributed by atoms with Crippen LogP contribution < -0.4 is 11.2 Å². The van der Waals surface area contributed by atoms with E-state index in [1.807, 2.05) is 23.6 Å². The number of hydrazine groups is 1. The molecule has 1 atom stereocenters. The summed E-state index contributed by atoms with van der Waals surface area (Å²) in [6.07, 6.45) is 7.84. The lowest BCUT2D eigenvalue weighted by Crippen LogP contribution is -2.33. The molecule has 8 nitrogen and oxygen atoms in total. The van der Waals surface area contributed by atoms with Crippen LogP contribution in [-0.2, 0) is 0 Å². The summed E-state index contributed by atoms with van der Waals surface area (Å²) in [4.78, 5) is 16.3. The number of nitrogens with one attached hydrogen (secondary N) is 1. The van der Waals surface area contributed by atoms with Gasteiger partial charge in [-0.25, -0.2) is 10.4 Å². The van der Waals surface area contributed by atoms with Crippen molar-refractivity contribution in [3.8, 4) is 11.3 Å². The van der Waals surface area contributed by atoms with Crippen molar-refractivity contribution >= 4 is 17.1 Å². The topological polar surface area (TPSA) is 116 Å². The van der Waals surface area contributed by atoms with Crippen molar-refractivity contribution < 1.29 is 15.0 Å². The van der Waals surface area contributed by atoms with Gasteiger partial charge >= 0.3 is 0 Å². The highest BCUT2D eigenvalue weighted by atomic mass is 16.3. The number of hydrogen-bond donors (Lipinski definition) is 4. The summed E-state index contributed by atoms with van der Waals surface area (Å²) in [5, 5.41) is 18.7. The molecule has 1 unspecified atom stereocenters. The second kappa shape index (κ2) is 12.5. The van der Waals surface area contributed by atoms with Gasteiger partial charge in [-0.3, -0.25) is 4.79 Å². The highest BCUT2D eigenvalue weighted by Crippen LogP contribution is 2.34. The number of pyridine rings is 1. The van der Waals surface area contributed by atoms with Crippen molar-refractivity contribution in [1.29, 1.82) is 0 Å². The highest BCUT2D eigenvalue weighted by Gasteiger charge is 2.24. The number of nitrogens with zero attached hydrogens (tertiary/aromatic N) is 3. The van der Waals surface area contributed by atoms with Crippen molar-refractivity contribution in [2.45, 2.75) is 52.5 Å². The number of imidazole rings is 1.